The van der Waals surface area contributed by atoms with Crippen molar-refractivity contribution >= 4 is 5.91 Å². The van der Waals surface area contributed by atoms with Gasteiger partial charge in [-0.3, -0.25) is 9.69 Å². The first-order chi connectivity index (χ1) is 7.69. The summed E-state index contributed by atoms with van der Waals surface area (Å²) in [6.45, 7) is 12.8. The van der Waals surface area contributed by atoms with Crippen LogP contribution < -0.4 is 5.32 Å². The molecule has 0 aromatic rings. The number of hydrogen-bond acceptors (Lipinski definition) is 3. The summed E-state index contributed by atoms with van der Waals surface area (Å²) in [5, 5.41) is 3.15. The number of carbonyl (C=O) groups excluding carboxylic acids is 1. The number of nitrogens with one attached hydrogen (secondary N) is 1. The molecule has 0 aromatic heterocycles. The van der Waals surface area contributed by atoms with Crippen LogP contribution in [0.4, 0.5) is 0 Å². The van der Waals surface area contributed by atoms with Gasteiger partial charge in [0.05, 0.1) is 0 Å². The molecule has 4 heteroatoms. The summed E-state index contributed by atoms with van der Waals surface area (Å²) in [5.74, 6) is 0.200. The van der Waals surface area contributed by atoms with Crippen LogP contribution in [0.2, 0.25) is 0 Å². The lowest BCUT2D eigenvalue weighted by Crippen LogP contribution is -2.61. The summed E-state index contributed by atoms with van der Waals surface area (Å²) in [6, 6.07) is 0.581. The van der Waals surface area contributed by atoms with E-state index in [1.807, 2.05) is 25.8 Å². The van der Waals surface area contributed by atoms with E-state index < -0.39 is 0 Å². The van der Waals surface area contributed by atoms with Crippen molar-refractivity contribution in [2.24, 2.45) is 0 Å². The molecule has 1 heterocycles. The maximum atomic E-state index is 11.0. The monoisotopic (exact) mass is 229 g/mol. The van der Waals surface area contributed by atoms with Crippen LogP contribution in [0.1, 0.15) is 27.7 Å². The van der Waals surface area contributed by atoms with E-state index in [0.29, 0.717) is 6.04 Å². The Hall–Kier alpha value is -0.610. The molecule has 1 amide bonds. The van der Waals surface area contributed by atoms with Gasteiger partial charge in [0, 0.05) is 39.1 Å². The van der Waals surface area contributed by atoms with E-state index in [9.17, 15) is 4.79 Å². The highest BCUT2D eigenvalue weighted by molar-refractivity contribution is 5.74. The summed E-state index contributed by atoms with van der Waals surface area (Å²) in [6.07, 6.45) is 0. The molecule has 0 saturated carbocycles. The van der Waals surface area contributed by atoms with E-state index in [1.165, 1.54) is 0 Å². The van der Waals surface area contributed by atoms with Crippen molar-refractivity contribution in [3.05, 3.63) is 0 Å². The van der Waals surface area contributed by atoms with Crippen LogP contribution in [0.25, 0.3) is 0 Å². The maximum absolute atomic E-state index is 11.0. The van der Waals surface area contributed by atoms with Crippen LogP contribution in [-0.2, 0) is 4.79 Å². The van der Waals surface area contributed by atoms with Crippen LogP contribution in [0, 0.1) is 0 Å². The molecule has 1 rings (SSSR count). The Morgan fingerprint density at radius 3 is 2.38 bits per heavy atom. The second-order valence-corrected chi connectivity index (χ2v) is 3.81. The Balaban J connectivity index is 0.00000106. The van der Waals surface area contributed by atoms with Gasteiger partial charge in [-0.25, -0.2) is 0 Å². The first kappa shape index (κ1) is 15.4. The minimum Gasteiger partial charge on any atom is -0.340 e. The van der Waals surface area contributed by atoms with Crippen molar-refractivity contribution in [2.45, 2.75) is 33.7 Å². The minimum atomic E-state index is 0.200. The molecule has 1 N–H and O–H groups in total. The molecule has 16 heavy (non-hydrogen) atoms. The van der Waals surface area contributed by atoms with E-state index in [2.05, 4.69) is 17.1 Å². The number of rotatable bonds is 5. The molecule has 96 valence electrons. The van der Waals surface area contributed by atoms with Gasteiger partial charge < -0.3 is 10.2 Å². The topological polar surface area (TPSA) is 35.6 Å². The molecule has 0 aliphatic carbocycles. The molecule has 1 fully saturated rings. The summed E-state index contributed by atoms with van der Waals surface area (Å²) in [5.41, 5.74) is 0. The van der Waals surface area contributed by atoms with E-state index in [1.54, 1.807) is 6.92 Å². The highest BCUT2D eigenvalue weighted by Gasteiger charge is 2.31. The Morgan fingerprint density at radius 2 is 2.00 bits per heavy atom. The van der Waals surface area contributed by atoms with Crippen molar-refractivity contribution in [2.75, 3.05) is 39.8 Å². The van der Waals surface area contributed by atoms with Gasteiger partial charge >= 0.3 is 0 Å². The lowest BCUT2D eigenvalue weighted by atomic mass is 10.1. The average molecular weight is 229 g/mol. The third kappa shape index (κ3) is 4.49. The van der Waals surface area contributed by atoms with Crippen LogP contribution >= 0.6 is 0 Å². The Kier molecular flexibility index (Phi) is 8.21. The average Bonchev–Trinajstić information content (AvgIpc) is 2.23. The van der Waals surface area contributed by atoms with Gasteiger partial charge in [-0.2, -0.15) is 0 Å². The molecule has 1 aliphatic heterocycles. The standard InChI is InChI=1S/C10H21N3O.C2H6/c1-4-12(6-5-11-3)10-7-13(8-10)9(2)14;1-2/h10-11H,4-8H2,1-3H3;1-2H3. The lowest BCUT2D eigenvalue weighted by molar-refractivity contribution is -0.136. The van der Waals surface area contributed by atoms with Gasteiger partial charge in [-0.1, -0.05) is 20.8 Å². The van der Waals surface area contributed by atoms with E-state index in [4.69, 9.17) is 0 Å². The van der Waals surface area contributed by atoms with Gasteiger partial charge in [-0.05, 0) is 13.6 Å². The van der Waals surface area contributed by atoms with E-state index >= 15 is 0 Å². The molecule has 0 unspecified atom stereocenters. The van der Waals surface area contributed by atoms with Gasteiger partial charge in [0.2, 0.25) is 5.91 Å². The summed E-state index contributed by atoms with van der Waals surface area (Å²) in [4.78, 5) is 15.3. The maximum Gasteiger partial charge on any atom is 0.219 e. The predicted molar refractivity (Wildman–Crippen MR) is 68.6 cm³/mol. The van der Waals surface area contributed by atoms with E-state index in [-0.39, 0.29) is 5.91 Å². The van der Waals surface area contributed by atoms with Gasteiger partial charge in [-0.15, -0.1) is 0 Å². The number of likely N-dealkylation sites (N-methyl/N-ethyl adjacent to an activating group) is 2. The highest BCUT2D eigenvalue weighted by Crippen LogP contribution is 2.14. The summed E-state index contributed by atoms with van der Waals surface area (Å²) < 4.78 is 0. The Labute approximate surface area is 100.0 Å². The van der Waals surface area contributed by atoms with E-state index in [0.717, 1.165) is 32.7 Å². The summed E-state index contributed by atoms with van der Waals surface area (Å²) >= 11 is 0. The zero-order chi connectivity index (χ0) is 12.6. The molecule has 1 saturated heterocycles. The third-order valence-corrected chi connectivity index (χ3v) is 2.88. The molecule has 0 aromatic carbocycles. The first-order valence-electron chi connectivity index (χ1n) is 6.33. The molecule has 0 atom stereocenters. The number of carbonyl (C=O) groups is 1. The Bertz CT molecular complexity index is 191. The van der Waals surface area contributed by atoms with Crippen LogP contribution in [0.5, 0.6) is 0 Å². The van der Waals surface area contributed by atoms with Crippen molar-refractivity contribution in [3.63, 3.8) is 0 Å². The fourth-order valence-corrected chi connectivity index (χ4v) is 1.80. The Morgan fingerprint density at radius 1 is 1.44 bits per heavy atom. The molecular formula is C12H27N3O. The number of nitrogens with zero attached hydrogens (tertiary/aromatic N) is 2. The molecule has 0 radical (unpaired) electrons. The third-order valence-electron chi connectivity index (χ3n) is 2.88. The number of likely N-dealkylation sites (tertiary alicyclic amines) is 1. The van der Waals surface area contributed by atoms with Gasteiger partial charge in [0.25, 0.3) is 0 Å². The minimum absolute atomic E-state index is 0.200. The van der Waals surface area contributed by atoms with Gasteiger partial charge in [0.15, 0.2) is 0 Å². The second-order valence-electron chi connectivity index (χ2n) is 3.81. The number of hydrogen-bond donors (Lipinski definition) is 1. The zero-order valence-corrected chi connectivity index (χ0v) is 11.4. The van der Waals surface area contributed by atoms with Crippen LogP contribution in [-0.4, -0.2) is 61.5 Å². The first-order valence-corrected chi connectivity index (χ1v) is 6.33. The smallest absolute Gasteiger partial charge is 0.219 e. The lowest BCUT2D eigenvalue weighted by Gasteiger charge is -2.44. The predicted octanol–water partition coefficient (Wildman–Crippen LogP) is 0.785. The fourth-order valence-electron chi connectivity index (χ4n) is 1.80. The zero-order valence-electron chi connectivity index (χ0n) is 11.4. The highest BCUT2D eigenvalue weighted by atomic mass is 16.2. The normalized spacial score (nSPS) is 15.5. The summed E-state index contributed by atoms with van der Waals surface area (Å²) in [7, 11) is 1.97. The van der Waals surface area contributed by atoms with Crippen LogP contribution in [0.3, 0.4) is 0 Å². The second kappa shape index (κ2) is 8.53. The van der Waals surface area contributed by atoms with Crippen molar-refractivity contribution in [1.82, 2.24) is 15.1 Å². The van der Waals surface area contributed by atoms with Crippen molar-refractivity contribution in [1.29, 1.82) is 0 Å². The molecule has 4 nitrogen and oxygen atoms in total. The molecule has 0 bridgehead atoms. The number of amides is 1. The quantitative estimate of drug-likeness (QED) is 0.757. The fraction of sp³-hybridized carbons (Fsp3) is 0.917. The SMILES string of the molecule is CC.CCN(CCNC)C1CN(C(C)=O)C1. The largest absolute Gasteiger partial charge is 0.340 e. The van der Waals surface area contributed by atoms with Gasteiger partial charge in [0.1, 0.15) is 0 Å². The molecule has 0 spiro atoms. The van der Waals surface area contributed by atoms with Crippen molar-refractivity contribution in [3.8, 4) is 0 Å². The molecular weight excluding hydrogens is 202 g/mol. The van der Waals surface area contributed by atoms with Crippen molar-refractivity contribution < 1.29 is 4.79 Å². The molecule has 1 aliphatic rings. The van der Waals surface area contributed by atoms with Crippen LogP contribution in [0.15, 0.2) is 0 Å².